The quantitative estimate of drug-likeness (QED) is 0.658. The van der Waals surface area contributed by atoms with E-state index in [0.717, 1.165) is 0 Å². The van der Waals surface area contributed by atoms with Gasteiger partial charge < -0.3 is 10.5 Å². The molecule has 7 heteroatoms. The van der Waals surface area contributed by atoms with Gasteiger partial charge in [0.05, 0.1) is 30.3 Å². The fourth-order valence-corrected chi connectivity index (χ4v) is 1.76. The third kappa shape index (κ3) is 2.14. The number of esters is 1. The van der Waals surface area contributed by atoms with E-state index in [9.17, 15) is 4.79 Å². The Hall–Kier alpha value is -2.08. The molecular formula is C11H11ClN4O2. The molecule has 0 radical (unpaired) electrons. The fraction of sp³-hybridized carbons (Fsp3) is 0.182. The lowest BCUT2D eigenvalue weighted by Crippen LogP contribution is -2.08. The van der Waals surface area contributed by atoms with Gasteiger partial charge in [0.25, 0.3) is 0 Å². The fourth-order valence-electron chi connectivity index (χ4n) is 1.57. The van der Waals surface area contributed by atoms with E-state index in [-0.39, 0.29) is 16.4 Å². The molecule has 0 spiro atoms. The Morgan fingerprint density at radius 3 is 2.83 bits per heavy atom. The minimum atomic E-state index is -0.554. The maximum atomic E-state index is 11.6. The molecule has 2 aromatic rings. The third-order valence-electron chi connectivity index (χ3n) is 2.41. The summed E-state index contributed by atoms with van der Waals surface area (Å²) >= 11 is 5.88. The lowest BCUT2D eigenvalue weighted by molar-refractivity contribution is 0.0602. The number of rotatable bonds is 2. The standard InChI is InChI=1S/C11H11ClN4O2/c1-16-5-6(4-14-16)10-9(13)7(11(17)18-2)3-8(12)15-10/h3-5H,13H2,1-2H3. The number of carbonyl (C=O) groups is 1. The van der Waals surface area contributed by atoms with Crippen molar-refractivity contribution < 1.29 is 9.53 Å². The first-order chi connectivity index (χ1) is 8.52. The van der Waals surface area contributed by atoms with Gasteiger partial charge in [0, 0.05) is 18.8 Å². The Balaban J connectivity index is 2.61. The molecule has 2 rings (SSSR count). The van der Waals surface area contributed by atoms with E-state index in [1.165, 1.54) is 13.2 Å². The normalized spacial score (nSPS) is 10.4. The minimum absolute atomic E-state index is 0.170. The second-order valence-electron chi connectivity index (χ2n) is 3.65. The van der Waals surface area contributed by atoms with E-state index in [4.69, 9.17) is 17.3 Å². The molecule has 0 saturated heterocycles. The minimum Gasteiger partial charge on any atom is -0.465 e. The molecule has 0 bridgehead atoms. The molecule has 0 aliphatic carbocycles. The number of hydrogen-bond donors (Lipinski definition) is 1. The number of anilines is 1. The van der Waals surface area contributed by atoms with Gasteiger partial charge in [-0.1, -0.05) is 11.6 Å². The first-order valence-corrected chi connectivity index (χ1v) is 5.44. The van der Waals surface area contributed by atoms with Crippen molar-refractivity contribution in [3.63, 3.8) is 0 Å². The Morgan fingerprint density at radius 1 is 1.56 bits per heavy atom. The van der Waals surface area contributed by atoms with Gasteiger partial charge in [0.2, 0.25) is 0 Å². The summed E-state index contributed by atoms with van der Waals surface area (Å²) < 4.78 is 6.25. The first-order valence-electron chi connectivity index (χ1n) is 5.06. The van der Waals surface area contributed by atoms with Crippen molar-refractivity contribution in [2.45, 2.75) is 0 Å². The topological polar surface area (TPSA) is 83.0 Å². The van der Waals surface area contributed by atoms with Crippen LogP contribution in [0.4, 0.5) is 5.69 Å². The molecule has 2 N–H and O–H groups in total. The summed E-state index contributed by atoms with van der Waals surface area (Å²) in [5.74, 6) is -0.554. The zero-order chi connectivity index (χ0) is 13.3. The predicted octanol–water partition coefficient (Wildman–Crippen LogP) is 1.50. The summed E-state index contributed by atoms with van der Waals surface area (Å²) in [5.41, 5.74) is 7.42. The SMILES string of the molecule is COC(=O)c1cc(Cl)nc(-c2cnn(C)c2)c1N. The van der Waals surface area contributed by atoms with Crippen LogP contribution in [0.15, 0.2) is 18.5 Å². The number of aromatic nitrogens is 3. The van der Waals surface area contributed by atoms with E-state index in [1.807, 2.05) is 0 Å². The van der Waals surface area contributed by atoms with Crippen molar-refractivity contribution >= 4 is 23.3 Å². The number of nitrogens with two attached hydrogens (primary N) is 1. The second kappa shape index (κ2) is 4.66. The average Bonchev–Trinajstić information content (AvgIpc) is 2.77. The van der Waals surface area contributed by atoms with Crippen LogP contribution in [0.25, 0.3) is 11.3 Å². The van der Waals surface area contributed by atoms with Crippen molar-refractivity contribution in [3.8, 4) is 11.3 Å². The van der Waals surface area contributed by atoms with Gasteiger partial charge in [-0.05, 0) is 6.07 Å². The summed E-state index contributed by atoms with van der Waals surface area (Å²) in [6.45, 7) is 0. The number of pyridine rings is 1. The third-order valence-corrected chi connectivity index (χ3v) is 2.60. The van der Waals surface area contributed by atoms with Crippen LogP contribution in [0.1, 0.15) is 10.4 Å². The second-order valence-corrected chi connectivity index (χ2v) is 4.04. The lowest BCUT2D eigenvalue weighted by Gasteiger charge is -2.08. The maximum absolute atomic E-state index is 11.6. The van der Waals surface area contributed by atoms with E-state index in [1.54, 1.807) is 24.1 Å². The zero-order valence-electron chi connectivity index (χ0n) is 9.85. The zero-order valence-corrected chi connectivity index (χ0v) is 10.6. The molecule has 0 atom stereocenters. The molecule has 0 amide bonds. The lowest BCUT2D eigenvalue weighted by atomic mass is 10.1. The van der Waals surface area contributed by atoms with Gasteiger partial charge in [-0.15, -0.1) is 0 Å². The van der Waals surface area contributed by atoms with Gasteiger partial charge in [0.15, 0.2) is 0 Å². The molecule has 0 saturated carbocycles. The molecule has 2 aromatic heterocycles. The highest BCUT2D eigenvalue weighted by atomic mass is 35.5. The van der Waals surface area contributed by atoms with Crippen LogP contribution in [-0.2, 0) is 11.8 Å². The number of nitrogens with zero attached hydrogens (tertiary/aromatic N) is 3. The average molecular weight is 267 g/mol. The van der Waals surface area contributed by atoms with Crippen LogP contribution < -0.4 is 5.73 Å². The van der Waals surface area contributed by atoms with Gasteiger partial charge in [-0.2, -0.15) is 5.10 Å². The number of nitrogen functional groups attached to an aromatic ring is 1. The van der Waals surface area contributed by atoms with Gasteiger partial charge >= 0.3 is 5.97 Å². The molecule has 0 fully saturated rings. The molecule has 0 unspecified atom stereocenters. The number of carbonyl (C=O) groups excluding carboxylic acids is 1. The number of methoxy groups -OCH3 is 1. The van der Waals surface area contributed by atoms with Crippen molar-refractivity contribution in [3.05, 3.63) is 29.2 Å². The smallest absolute Gasteiger partial charge is 0.340 e. The van der Waals surface area contributed by atoms with E-state index >= 15 is 0 Å². The number of halogens is 1. The number of ether oxygens (including phenoxy) is 1. The summed E-state index contributed by atoms with van der Waals surface area (Å²) in [6.07, 6.45) is 3.33. The summed E-state index contributed by atoms with van der Waals surface area (Å²) in [7, 11) is 3.05. The highest BCUT2D eigenvalue weighted by Crippen LogP contribution is 2.29. The molecule has 94 valence electrons. The van der Waals surface area contributed by atoms with E-state index in [0.29, 0.717) is 11.3 Å². The Labute approximate surface area is 108 Å². The van der Waals surface area contributed by atoms with Gasteiger partial charge in [-0.25, -0.2) is 9.78 Å². The van der Waals surface area contributed by atoms with Crippen LogP contribution in [0.5, 0.6) is 0 Å². The molecule has 0 aliphatic rings. The molecule has 18 heavy (non-hydrogen) atoms. The Kier molecular flexibility index (Phi) is 3.20. The van der Waals surface area contributed by atoms with Gasteiger partial charge in [0.1, 0.15) is 5.15 Å². The van der Waals surface area contributed by atoms with Crippen LogP contribution in [0.3, 0.4) is 0 Å². The molecular weight excluding hydrogens is 256 g/mol. The van der Waals surface area contributed by atoms with Crippen LogP contribution in [-0.4, -0.2) is 27.8 Å². The van der Waals surface area contributed by atoms with Crippen molar-refractivity contribution in [1.82, 2.24) is 14.8 Å². The molecule has 0 aromatic carbocycles. The van der Waals surface area contributed by atoms with Crippen LogP contribution in [0, 0.1) is 0 Å². The van der Waals surface area contributed by atoms with Crippen molar-refractivity contribution in [2.24, 2.45) is 7.05 Å². The predicted molar refractivity (Wildman–Crippen MR) is 67.2 cm³/mol. The van der Waals surface area contributed by atoms with Crippen molar-refractivity contribution in [1.29, 1.82) is 0 Å². The first kappa shape index (κ1) is 12.4. The summed E-state index contributed by atoms with van der Waals surface area (Å²) in [5, 5.41) is 4.19. The molecule has 0 aliphatic heterocycles. The number of aryl methyl sites for hydroxylation is 1. The van der Waals surface area contributed by atoms with E-state index in [2.05, 4.69) is 14.8 Å². The number of hydrogen-bond acceptors (Lipinski definition) is 5. The van der Waals surface area contributed by atoms with Crippen LogP contribution >= 0.6 is 11.6 Å². The van der Waals surface area contributed by atoms with E-state index < -0.39 is 5.97 Å². The Morgan fingerprint density at radius 2 is 2.28 bits per heavy atom. The molecule has 2 heterocycles. The maximum Gasteiger partial charge on any atom is 0.340 e. The summed E-state index contributed by atoms with van der Waals surface area (Å²) in [4.78, 5) is 15.7. The van der Waals surface area contributed by atoms with Crippen molar-refractivity contribution in [2.75, 3.05) is 12.8 Å². The van der Waals surface area contributed by atoms with Crippen LogP contribution in [0.2, 0.25) is 5.15 Å². The highest BCUT2D eigenvalue weighted by molar-refractivity contribution is 6.30. The van der Waals surface area contributed by atoms with Gasteiger partial charge in [-0.3, -0.25) is 4.68 Å². The molecule has 6 nitrogen and oxygen atoms in total. The highest BCUT2D eigenvalue weighted by Gasteiger charge is 2.17. The Bertz CT molecular complexity index is 609. The largest absolute Gasteiger partial charge is 0.465 e. The summed E-state index contributed by atoms with van der Waals surface area (Å²) in [6, 6.07) is 1.38. The monoisotopic (exact) mass is 266 g/mol.